The van der Waals surface area contributed by atoms with E-state index < -0.39 is 5.41 Å². The van der Waals surface area contributed by atoms with Crippen LogP contribution in [0.1, 0.15) is 48.8 Å². The highest BCUT2D eigenvalue weighted by atomic mass is 16.2. The Morgan fingerprint density at radius 3 is 2.78 bits per heavy atom. The van der Waals surface area contributed by atoms with Gasteiger partial charge in [-0.3, -0.25) is 9.59 Å². The molecule has 2 aliphatic rings. The van der Waals surface area contributed by atoms with E-state index in [-0.39, 0.29) is 18.4 Å². The second kappa shape index (κ2) is 5.99. The maximum atomic E-state index is 12.4. The minimum atomic E-state index is -0.924. The number of nitrogens with zero attached hydrogens (tertiary/aromatic N) is 5. The van der Waals surface area contributed by atoms with E-state index in [4.69, 9.17) is 0 Å². The number of likely N-dealkylation sites (N-methyl/N-ethyl adjacent to an activating group) is 1. The van der Waals surface area contributed by atoms with Crippen molar-refractivity contribution in [1.82, 2.24) is 25.2 Å². The summed E-state index contributed by atoms with van der Waals surface area (Å²) in [6, 6.07) is 2.17. The minimum absolute atomic E-state index is 0.108. The summed E-state index contributed by atoms with van der Waals surface area (Å²) in [7, 11) is 0. The molecular formula is C15H20N6O2. The van der Waals surface area contributed by atoms with Gasteiger partial charge in [0.15, 0.2) is 5.69 Å². The molecule has 1 aliphatic heterocycles. The quantitative estimate of drug-likeness (QED) is 0.868. The maximum Gasteiger partial charge on any atom is 0.274 e. The Morgan fingerprint density at radius 1 is 1.39 bits per heavy atom. The lowest BCUT2D eigenvalue weighted by molar-refractivity contribution is -0.128. The number of amides is 2. The summed E-state index contributed by atoms with van der Waals surface area (Å²) in [5, 5.41) is 20.1. The van der Waals surface area contributed by atoms with Crippen molar-refractivity contribution in [3.8, 4) is 6.07 Å². The molecule has 8 nitrogen and oxygen atoms in total. The van der Waals surface area contributed by atoms with Crippen molar-refractivity contribution in [2.24, 2.45) is 5.41 Å². The highest BCUT2D eigenvalue weighted by Gasteiger charge is 2.41. The zero-order chi connectivity index (χ0) is 16.4. The summed E-state index contributed by atoms with van der Waals surface area (Å²) in [4.78, 5) is 26.5. The van der Waals surface area contributed by atoms with Crippen LogP contribution in [0.4, 0.5) is 0 Å². The largest absolute Gasteiger partial charge is 0.349 e. The summed E-state index contributed by atoms with van der Waals surface area (Å²) < 4.78 is 1.59. The number of aromatic nitrogens is 3. The van der Waals surface area contributed by atoms with Crippen LogP contribution in [0.25, 0.3) is 0 Å². The minimum Gasteiger partial charge on any atom is -0.349 e. The van der Waals surface area contributed by atoms with Crippen molar-refractivity contribution in [3.63, 3.8) is 0 Å². The monoisotopic (exact) mass is 316 g/mol. The average Bonchev–Trinajstić information content (AvgIpc) is 3.21. The molecule has 1 aromatic heterocycles. The van der Waals surface area contributed by atoms with Gasteiger partial charge in [-0.15, -0.1) is 5.10 Å². The summed E-state index contributed by atoms with van der Waals surface area (Å²) in [6.45, 7) is 3.91. The van der Waals surface area contributed by atoms with Gasteiger partial charge < -0.3 is 10.2 Å². The van der Waals surface area contributed by atoms with E-state index in [0.29, 0.717) is 43.9 Å². The third kappa shape index (κ3) is 2.56. The Bertz CT molecular complexity index is 668. The summed E-state index contributed by atoms with van der Waals surface area (Å²) in [5.74, 6) is -0.376. The molecule has 0 spiro atoms. The van der Waals surface area contributed by atoms with Crippen molar-refractivity contribution in [3.05, 3.63) is 11.4 Å². The van der Waals surface area contributed by atoms with Crippen molar-refractivity contribution in [2.45, 2.75) is 45.7 Å². The van der Waals surface area contributed by atoms with Gasteiger partial charge in [-0.2, -0.15) is 5.26 Å². The Morgan fingerprint density at radius 2 is 2.13 bits per heavy atom. The van der Waals surface area contributed by atoms with Crippen molar-refractivity contribution >= 4 is 11.8 Å². The Hall–Kier alpha value is -2.43. The molecule has 0 bridgehead atoms. The Balaban J connectivity index is 1.73. The van der Waals surface area contributed by atoms with Gasteiger partial charge in [-0.25, -0.2) is 4.68 Å². The molecular weight excluding hydrogens is 296 g/mol. The summed E-state index contributed by atoms with van der Waals surface area (Å²) >= 11 is 0. The number of hydrogen-bond donors (Lipinski definition) is 1. The third-order valence-electron chi connectivity index (χ3n) is 4.78. The molecule has 1 aromatic rings. The number of hydrogen-bond acceptors (Lipinski definition) is 5. The topological polar surface area (TPSA) is 104 Å². The number of fused-ring (bicyclic) bond motifs is 1. The van der Waals surface area contributed by atoms with Crippen LogP contribution in [0, 0.1) is 16.7 Å². The van der Waals surface area contributed by atoms with E-state index in [2.05, 4.69) is 21.7 Å². The highest BCUT2D eigenvalue weighted by Crippen LogP contribution is 2.37. The standard InChI is InChI=1S/C15H20N6O2/c1-2-20-7-8-21-12(13(20)22)11(18-19-21)9-17-14(23)15(10-16)5-3-4-6-15/h2-9H2,1H3,(H,17,23). The fraction of sp³-hybridized carbons (Fsp3) is 0.667. The molecule has 0 unspecified atom stereocenters. The van der Waals surface area contributed by atoms with Crippen LogP contribution in [0.2, 0.25) is 0 Å². The van der Waals surface area contributed by atoms with E-state index in [0.717, 1.165) is 12.8 Å². The Labute approximate surface area is 134 Å². The van der Waals surface area contributed by atoms with Crippen LogP contribution >= 0.6 is 0 Å². The van der Waals surface area contributed by atoms with Crippen LogP contribution in [0.15, 0.2) is 0 Å². The fourth-order valence-electron chi connectivity index (χ4n) is 3.33. The first kappa shape index (κ1) is 15.5. The van der Waals surface area contributed by atoms with E-state index in [9.17, 15) is 14.9 Å². The number of rotatable bonds is 4. The van der Waals surface area contributed by atoms with Gasteiger partial charge in [0.2, 0.25) is 5.91 Å². The molecule has 0 radical (unpaired) electrons. The van der Waals surface area contributed by atoms with Gasteiger partial charge in [0.05, 0.1) is 19.2 Å². The normalized spacial score (nSPS) is 19.3. The number of nitriles is 1. The van der Waals surface area contributed by atoms with Crippen molar-refractivity contribution in [2.75, 3.05) is 13.1 Å². The van der Waals surface area contributed by atoms with E-state index in [1.54, 1.807) is 9.58 Å². The zero-order valence-corrected chi connectivity index (χ0v) is 13.2. The molecule has 0 aromatic carbocycles. The third-order valence-corrected chi connectivity index (χ3v) is 4.78. The first-order valence-electron chi connectivity index (χ1n) is 8.02. The van der Waals surface area contributed by atoms with Crippen LogP contribution in [-0.2, 0) is 17.9 Å². The SMILES string of the molecule is CCN1CCn2nnc(CNC(=O)C3(C#N)CCCC3)c2C1=O. The van der Waals surface area contributed by atoms with Crippen LogP contribution in [0.5, 0.6) is 0 Å². The zero-order valence-electron chi connectivity index (χ0n) is 13.2. The van der Waals surface area contributed by atoms with Gasteiger partial charge in [-0.1, -0.05) is 18.1 Å². The molecule has 3 rings (SSSR count). The lowest BCUT2D eigenvalue weighted by atomic mass is 9.87. The lowest BCUT2D eigenvalue weighted by Gasteiger charge is -2.26. The molecule has 1 aliphatic carbocycles. The molecule has 122 valence electrons. The smallest absolute Gasteiger partial charge is 0.274 e. The maximum absolute atomic E-state index is 12.4. The van der Waals surface area contributed by atoms with Gasteiger partial charge >= 0.3 is 0 Å². The molecule has 2 heterocycles. The molecule has 1 N–H and O–H groups in total. The molecule has 8 heteroatoms. The van der Waals surface area contributed by atoms with Crippen molar-refractivity contribution in [1.29, 1.82) is 5.26 Å². The molecule has 1 saturated carbocycles. The van der Waals surface area contributed by atoms with Gasteiger partial charge in [0, 0.05) is 13.1 Å². The molecule has 0 atom stereocenters. The summed E-state index contributed by atoms with van der Waals surface area (Å²) in [6.07, 6.45) is 2.98. The molecule has 23 heavy (non-hydrogen) atoms. The second-order valence-corrected chi connectivity index (χ2v) is 6.08. The Kier molecular flexibility index (Phi) is 4.03. The van der Waals surface area contributed by atoms with Crippen LogP contribution in [0.3, 0.4) is 0 Å². The van der Waals surface area contributed by atoms with Gasteiger partial charge in [-0.05, 0) is 19.8 Å². The predicted octanol–water partition coefficient (Wildman–Crippen LogP) is 0.454. The first-order valence-corrected chi connectivity index (χ1v) is 8.02. The number of carbonyl (C=O) groups is 2. The first-order chi connectivity index (χ1) is 11.1. The van der Waals surface area contributed by atoms with Gasteiger partial charge in [0.25, 0.3) is 5.91 Å². The van der Waals surface area contributed by atoms with E-state index in [1.807, 2.05) is 6.92 Å². The number of nitrogens with one attached hydrogen (secondary N) is 1. The molecule has 0 saturated heterocycles. The molecule has 2 amide bonds. The predicted molar refractivity (Wildman–Crippen MR) is 80.0 cm³/mol. The van der Waals surface area contributed by atoms with Crippen molar-refractivity contribution < 1.29 is 9.59 Å². The average molecular weight is 316 g/mol. The van der Waals surface area contributed by atoms with E-state index >= 15 is 0 Å². The second-order valence-electron chi connectivity index (χ2n) is 6.08. The number of carbonyl (C=O) groups excluding carboxylic acids is 2. The fourth-order valence-corrected chi connectivity index (χ4v) is 3.33. The van der Waals surface area contributed by atoms with Crippen LogP contribution < -0.4 is 5.32 Å². The van der Waals surface area contributed by atoms with E-state index in [1.165, 1.54) is 0 Å². The summed E-state index contributed by atoms with van der Waals surface area (Å²) in [5.41, 5.74) is -0.0180. The van der Waals surface area contributed by atoms with Crippen LogP contribution in [-0.4, -0.2) is 44.8 Å². The molecule has 1 fully saturated rings. The van der Waals surface area contributed by atoms with Gasteiger partial charge in [0.1, 0.15) is 11.1 Å². The lowest BCUT2D eigenvalue weighted by Crippen LogP contribution is -2.41. The highest BCUT2D eigenvalue weighted by molar-refractivity contribution is 5.94.